The summed E-state index contributed by atoms with van der Waals surface area (Å²) in [5, 5.41) is 0. The third kappa shape index (κ3) is 2.57. The second-order valence-corrected chi connectivity index (χ2v) is 5.07. The van der Waals surface area contributed by atoms with Gasteiger partial charge in [0.15, 0.2) is 0 Å². The maximum Gasteiger partial charge on any atom is 0.123 e. The van der Waals surface area contributed by atoms with E-state index in [4.69, 9.17) is 5.73 Å². The molecule has 1 unspecified atom stereocenters. The van der Waals surface area contributed by atoms with Gasteiger partial charge in [0.2, 0.25) is 0 Å². The van der Waals surface area contributed by atoms with E-state index in [1.54, 1.807) is 17.8 Å². The van der Waals surface area contributed by atoms with Gasteiger partial charge in [0.05, 0.1) is 6.04 Å². The second-order valence-electron chi connectivity index (χ2n) is 4.22. The first kappa shape index (κ1) is 13.1. The summed E-state index contributed by atoms with van der Waals surface area (Å²) in [6.07, 6.45) is 2.02. The van der Waals surface area contributed by atoms with Gasteiger partial charge in [-0.25, -0.2) is 4.39 Å². The monoisotopic (exact) mass is 261 g/mol. The fourth-order valence-corrected chi connectivity index (χ4v) is 2.68. The Morgan fingerprint density at radius 1 is 1.11 bits per heavy atom. The van der Waals surface area contributed by atoms with Crippen molar-refractivity contribution < 1.29 is 4.39 Å². The van der Waals surface area contributed by atoms with Crippen molar-refractivity contribution in [1.29, 1.82) is 0 Å². The quantitative estimate of drug-likeness (QED) is 0.848. The Hall–Kier alpha value is -1.32. The number of aryl methyl sites for hydroxylation is 1. The van der Waals surface area contributed by atoms with Crippen LogP contribution in [0.4, 0.5) is 4.39 Å². The molecular weight excluding hydrogens is 245 g/mol. The summed E-state index contributed by atoms with van der Waals surface area (Å²) in [7, 11) is 0. The fraction of sp³-hybridized carbons (Fsp3) is 0.200. The lowest BCUT2D eigenvalue weighted by atomic mass is 9.95. The zero-order valence-corrected chi connectivity index (χ0v) is 11.3. The van der Waals surface area contributed by atoms with E-state index in [1.807, 2.05) is 37.4 Å². The molecule has 0 bridgehead atoms. The molecule has 94 valence electrons. The van der Waals surface area contributed by atoms with E-state index in [1.165, 1.54) is 12.1 Å². The highest BCUT2D eigenvalue weighted by molar-refractivity contribution is 7.98. The molecule has 0 saturated heterocycles. The van der Waals surface area contributed by atoms with Crippen molar-refractivity contribution in [3.8, 4) is 0 Å². The van der Waals surface area contributed by atoms with Crippen LogP contribution in [0.15, 0.2) is 47.4 Å². The predicted molar refractivity (Wildman–Crippen MR) is 75.4 cm³/mol. The number of hydrogen-bond donors (Lipinski definition) is 1. The summed E-state index contributed by atoms with van der Waals surface area (Å²) in [4.78, 5) is 1.13. The van der Waals surface area contributed by atoms with Crippen LogP contribution in [0, 0.1) is 12.7 Å². The topological polar surface area (TPSA) is 26.0 Å². The Balaban J connectivity index is 2.47. The number of halogens is 1. The normalized spacial score (nSPS) is 12.4. The average molecular weight is 261 g/mol. The molecule has 0 radical (unpaired) electrons. The van der Waals surface area contributed by atoms with Crippen LogP contribution in [0.2, 0.25) is 0 Å². The molecule has 1 nitrogen and oxygen atoms in total. The van der Waals surface area contributed by atoms with Crippen LogP contribution < -0.4 is 5.73 Å². The Bertz CT molecular complexity index is 554. The van der Waals surface area contributed by atoms with Gasteiger partial charge in [0.25, 0.3) is 0 Å². The van der Waals surface area contributed by atoms with Gasteiger partial charge in [-0.1, -0.05) is 24.3 Å². The minimum Gasteiger partial charge on any atom is -0.320 e. The molecule has 0 aliphatic carbocycles. The van der Waals surface area contributed by atoms with E-state index in [9.17, 15) is 4.39 Å². The molecule has 2 rings (SSSR count). The Morgan fingerprint density at radius 3 is 2.56 bits per heavy atom. The standard InChI is InChI=1S/C15H16FNS/c1-10-7-8-11(16)9-13(10)15(17)12-5-3-4-6-14(12)18-2/h3-9,15H,17H2,1-2H3. The molecule has 0 fully saturated rings. The first-order valence-corrected chi connectivity index (χ1v) is 7.00. The highest BCUT2D eigenvalue weighted by Gasteiger charge is 2.15. The van der Waals surface area contributed by atoms with Gasteiger partial charge in [-0.05, 0) is 48.1 Å². The Labute approximate surface area is 111 Å². The number of nitrogens with two attached hydrogens (primary N) is 1. The first-order valence-electron chi connectivity index (χ1n) is 5.78. The molecule has 18 heavy (non-hydrogen) atoms. The highest BCUT2D eigenvalue weighted by Crippen LogP contribution is 2.30. The molecule has 2 aromatic carbocycles. The maximum absolute atomic E-state index is 13.3. The lowest BCUT2D eigenvalue weighted by Crippen LogP contribution is -2.14. The van der Waals surface area contributed by atoms with Gasteiger partial charge in [0, 0.05) is 4.90 Å². The molecule has 0 aromatic heterocycles. The van der Waals surface area contributed by atoms with Crippen LogP contribution in [-0.2, 0) is 0 Å². The Morgan fingerprint density at radius 2 is 1.83 bits per heavy atom. The van der Waals surface area contributed by atoms with Gasteiger partial charge in [-0.2, -0.15) is 0 Å². The fourth-order valence-electron chi connectivity index (χ4n) is 2.04. The summed E-state index contributed by atoms with van der Waals surface area (Å²) in [6, 6.07) is 12.5. The van der Waals surface area contributed by atoms with Crippen LogP contribution in [0.5, 0.6) is 0 Å². The Kier molecular flexibility index (Phi) is 4.04. The van der Waals surface area contributed by atoms with Crippen LogP contribution in [0.1, 0.15) is 22.7 Å². The van der Waals surface area contributed by atoms with E-state index in [0.29, 0.717) is 0 Å². The number of thioether (sulfide) groups is 1. The van der Waals surface area contributed by atoms with Crippen molar-refractivity contribution in [2.24, 2.45) is 5.73 Å². The van der Waals surface area contributed by atoms with Crippen molar-refractivity contribution in [3.63, 3.8) is 0 Å². The van der Waals surface area contributed by atoms with Gasteiger partial charge in [-0.3, -0.25) is 0 Å². The van der Waals surface area contributed by atoms with Gasteiger partial charge < -0.3 is 5.73 Å². The summed E-state index contributed by atoms with van der Waals surface area (Å²) in [5.74, 6) is -0.243. The zero-order valence-electron chi connectivity index (χ0n) is 10.5. The minimum absolute atomic E-state index is 0.243. The third-order valence-corrected chi connectivity index (χ3v) is 3.86. The third-order valence-electron chi connectivity index (χ3n) is 3.05. The molecule has 2 N–H and O–H groups in total. The molecule has 2 aromatic rings. The minimum atomic E-state index is -0.288. The number of hydrogen-bond acceptors (Lipinski definition) is 2. The van der Waals surface area contributed by atoms with Crippen LogP contribution in [0.25, 0.3) is 0 Å². The average Bonchev–Trinajstić information content (AvgIpc) is 2.40. The lowest BCUT2D eigenvalue weighted by Gasteiger charge is -2.18. The predicted octanol–water partition coefficient (Wildman–Crippen LogP) is 3.90. The maximum atomic E-state index is 13.3. The van der Waals surface area contributed by atoms with E-state index in [2.05, 4.69) is 0 Å². The van der Waals surface area contributed by atoms with Gasteiger partial charge in [0.1, 0.15) is 5.82 Å². The lowest BCUT2D eigenvalue weighted by molar-refractivity contribution is 0.622. The molecule has 0 amide bonds. The zero-order chi connectivity index (χ0) is 13.1. The molecule has 0 saturated carbocycles. The molecule has 0 aliphatic heterocycles. The number of benzene rings is 2. The second kappa shape index (κ2) is 5.55. The van der Waals surface area contributed by atoms with E-state index >= 15 is 0 Å². The van der Waals surface area contributed by atoms with E-state index < -0.39 is 0 Å². The highest BCUT2D eigenvalue weighted by atomic mass is 32.2. The molecular formula is C15H16FNS. The van der Waals surface area contributed by atoms with Crippen LogP contribution >= 0.6 is 11.8 Å². The van der Waals surface area contributed by atoms with Crippen molar-refractivity contribution in [3.05, 3.63) is 65.0 Å². The van der Waals surface area contributed by atoms with Crippen molar-refractivity contribution in [1.82, 2.24) is 0 Å². The summed E-state index contributed by atoms with van der Waals surface area (Å²) in [6.45, 7) is 1.95. The van der Waals surface area contributed by atoms with E-state index in [0.717, 1.165) is 21.6 Å². The first-order chi connectivity index (χ1) is 8.63. The molecule has 1 atom stereocenters. The van der Waals surface area contributed by atoms with Crippen LogP contribution in [-0.4, -0.2) is 6.26 Å². The summed E-state index contributed by atoms with van der Waals surface area (Å²) in [5.41, 5.74) is 9.18. The molecule has 0 aliphatic rings. The van der Waals surface area contributed by atoms with Gasteiger partial charge >= 0.3 is 0 Å². The summed E-state index contributed by atoms with van der Waals surface area (Å²) >= 11 is 1.65. The SMILES string of the molecule is CSc1ccccc1C(N)c1cc(F)ccc1C. The molecule has 0 heterocycles. The van der Waals surface area contributed by atoms with Crippen molar-refractivity contribution in [2.45, 2.75) is 17.9 Å². The molecule has 0 spiro atoms. The largest absolute Gasteiger partial charge is 0.320 e. The van der Waals surface area contributed by atoms with Crippen molar-refractivity contribution >= 4 is 11.8 Å². The number of rotatable bonds is 3. The summed E-state index contributed by atoms with van der Waals surface area (Å²) < 4.78 is 13.3. The van der Waals surface area contributed by atoms with Gasteiger partial charge in [-0.15, -0.1) is 11.8 Å². The van der Waals surface area contributed by atoms with Crippen molar-refractivity contribution in [2.75, 3.05) is 6.26 Å². The smallest absolute Gasteiger partial charge is 0.123 e. The molecule has 3 heteroatoms. The van der Waals surface area contributed by atoms with Crippen LogP contribution in [0.3, 0.4) is 0 Å². The van der Waals surface area contributed by atoms with E-state index in [-0.39, 0.29) is 11.9 Å².